The molecule has 0 atom stereocenters. The largest absolute Gasteiger partial charge is 0.449 e. The van der Waals surface area contributed by atoms with Crippen LogP contribution in [0.3, 0.4) is 0 Å². The number of anilines is 2. The molecule has 0 saturated carbocycles. The SMILES string of the molecule is O=C(Nc1c(C(=O)N2CCN(c3ccc(F)cc3)CC2)oc2ccccc12)c1ccccc1F. The van der Waals surface area contributed by atoms with Crippen LogP contribution >= 0.6 is 0 Å². The summed E-state index contributed by atoms with van der Waals surface area (Å²) in [6.45, 7) is 1.98. The van der Waals surface area contributed by atoms with E-state index in [1.807, 2.05) is 0 Å². The Balaban J connectivity index is 1.39. The number of carbonyl (C=O) groups excluding carboxylic acids is 2. The zero-order valence-corrected chi connectivity index (χ0v) is 18.1. The van der Waals surface area contributed by atoms with E-state index in [0.29, 0.717) is 37.1 Å². The molecule has 2 heterocycles. The van der Waals surface area contributed by atoms with Gasteiger partial charge < -0.3 is 19.5 Å². The molecule has 0 aliphatic carbocycles. The minimum Gasteiger partial charge on any atom is -0.449 e. The van der Waals surface area contributed by atoms with Crippen molar-refractivity contribution >= 4 is 34.2 Å². The zero-order valence-electron chi connectivity index (χ0n) is 18.1. The number of nitrogens with one attached hydrogen (secondary N) is 1. The van der Waals surface area contributed by atoms with E-state index >= 15 is 0 Å². The molecule has 172 valence electrons. The lowest BCUT2D eigenvalue weighted by Crippen LogP contribution is -2.48. The van der Waals surface area contributed by atoms with E-state index in [1.54, 1.807) is 47.4 Å². The number of nitrogens with zero attached hydrogens (tertiary/aromatic N) is 2. The molecule has 0 radical (unpaired) electrons. The molecule has 1 N–H and O–H groups in total. The lowest BCUT2D eigenvalue weighted by Gasteiger charge is -2.35. The van der Waals surface area contributed by atoms with Crippen LogP contribution in [0.4, 0.5) is 20.2 Å². The van der Waals surface area contributed by atoms with Crippen LogP contribution in [0.5, 0.6) is 0 Å². The fourth-order valence-electron chi connectivity index (χ4n) is 4.11. The standard InChI is InChI=1S/C26H21F2N3O3/c27-17-9-11-18(12-10-17)30-13-15-31(16-14-30)26(33)24-23(20-6-2-4-8-22(20)34-24)29-25(32)19-5-1-3-7-21(19)28/h1-12H,13-16H2,(H,29,32). The summed E-state index contributed by atoms with van der Waals surface area (Å²) in [7, 11) is 0. The van der Waals surface area contributed by atoms with E-state index in [-0.39, 0.29) is 28.7 Å². The van der Waals surface area contributed by atoms with Gasteiger partial charge in [0.15, 0.2) is 0 Å². The summed E-state index contributed by atoms with van der Waals surface area (Å²) in [5.41, 5.74) is 1.42. The van der Waals surface area contributed by atoms with Gasteiger partial charge in [0, 0.05) is 37.3 Å². The Labute approximate surface area is 194 Å². The lowest BCUT2D eigenvalue weighted by atomic mass is 10.1. The zero-order chi connectivity index (χ0) is 23.7. The quantitative estimate of drug-likeness (QED) is 0.468. The van der Waals surface area contributed by atoms with Crippen molar-refractivity contribution in [2.45, 2.75) is 0 Å². The third kappa shape index (κ3) is 4.10. The number of hydrogen-bond donors (Lipinski definition) is 1. The Morgan fingerprint density at radius 1 is 0.824 bits per heavy atom. The maximum atomic E-state index is 14.1. The average Bonchev–Trinajstić information content (AvgIpc) is 3.22. The second-order valence-corrected chi connectivity index (χ2v) is 7.99. The molecule has 5 rings (SSSR count). The van der Waals surface area contributed by atoms with Gasteiger partial charge >= 0.3 is 0 Å². The molecular weight excluding hydrogens is 440 g/mol. The first-order chi connectivity index (χ1) is 16.5. The molecule has 1 aliphatic rings. The van der Waals surface area contributed by atoms with Crippen molar-refractivity contribution in [3.63, 3.8) is 0 Å². The third-order valence-corrected chi connectivity index (χ3v) is 5.91. The number of piperazine rings is 1. The van der Waals surface area contributed by atoms with E-state index in [1.165, 1.54) is 30.3 Å². The Hall–Kier alpha value is -4.20. The minimum absolute atomic E-state index is 0.00104. The van der Waals surface area contributed by atoms with Gasteiger partial charge in [0.2, 0.25) is 5.76 Å². The van der Waals surface area contributed by atoms with Crippen LogP contribution in [0.25, 0.3) is 11.0 Å². The molecule has 0 bridgehead atoms. The highest BCUT2D eigenvalue weighted by Crippen LogP contribution is 2.33. The van der Waals surface area contributed by atoms with Crippen molar-refractivity contribution in [3.05, 3.63) is 95.8 Å². The highest BCUT2D eigenvalue weighted by Gasteiger charge is 2.29. The van der Waals surface area contributed by atoms with Crippen LogP contribution in [-0.4, -0.2) is 42.9 Å². The number of halogens is 2. The molecule has 2 amide bonds. The summed E-state index contributed by atoms with van der Waals surface area (Å²) in [6, 6.07) is 18.9. The summed E-state index contributed by atoms with van der Waals surface area (Å²) in [4.78, 5) is 29.9. The molecule has 34 heavy (non-hydrogen) atoms. The Kier molecular flexibility index (Phi) is 5.71. The van der Waals surface area contributed by atoms with Gasteiger partial charge in [0.25, 0.3) is 11.8 Å². The number of carbonyl (C=O) groups is 2. The minimum atomic E-state index is -0.667. The molecule has 0 spiro atoms. The van der Waals surface area contributed by atoms with Gasteiger partial charge in [-0.1, -0.05) is 24.3 Å². The van der Waals surface area contributed by atoms with Gasteiger partial charge in [0.1, 0.15) is 22.9 Å². The monoisotopic (exact) mass is 461 g/mol. The van der Waals surface area contributed by atoms with Crippen LogP contribution in [0, 0.1) is 11.6 Å². The summed E-state index contributed by atoms with van der Waals surface area (Å²) in [5.74, 6) is -1.98. The van der Waals surface area contributed by atoms with E-state index in [9.17, 15) is 18.4 Å². The number of hydrogen-bond acceptors (Lipinski definition) is 4. The number of para-hydroxylation sites is 1. The molecule has 6 nitrogen and oxygen atoms in total. The van der Waals surface area contributed by atoms with Crippen molar-refractivity contribution in [2.24, 2.45) is 0 Å². The summed E-state index contributed by atoms with van der Waals surface area (Å²) in [6.07, 6.45) is 0. The number of furan rings is 1. The number of rotatable bonds is 4. The third-order valence-electron chi connectivity index (χ3n) is 5.91. The van der Waals surface area contributed by atoms with Crippen molar-refractivity contribution < 1.29 is 22.8 Å². The predicted molar refractivity (Wildman–Crippen MR) is 125 cm³/mol. The van der Waals surface area contributed by atoms with E-state index < -0.39 is 11.7 Å². The van der Waals surface area contributed by atoms with Crippen molar-refractivity contribution in [1.82, 2.24) is 4.90 Å². The average molecular weight is 461 g/mol. The maximum absolute atomic E-state index is 14.1. The fourth-order valence-corrected chi connectivity index (χ4v) is 4.11. The first-order valence-corrected chi connectivity index (χ1v) is 10.9. The predicted octanol–water partition coefficient (Wildman–Crippen LogP) is 4.93. The second kappa shape index (κ2) is 8.97. The van der Waals surface area contributed by atoms with E-state index in [2.05, 4.69) is 10.2 Å². The molecule has 1 fully saturated rings. The lowest BCUT2D eigenvalue weighted by molar-refractivity contribution is 0.0718. The van der Waals surface area contributed by atoms with Gasteiger partial charge in [-0.05, 0) is 48.5 Å². The number of benzene rings is 3. The van der Waals surface area contributed by atoms with Gasteiger partial charge in [-0.15, -0.1) is 0 Å². The summed E-state index contributed by atoms with van der Waals surface area (Å²) < 4.78 is 33.2. The van der Waals surface area contributed by atoms with Gasteiger partial charge in [0.05, 0.1) is 5.56 Å². The van der Waals surface area contributed by atoms with Crippen LogP contribution in [-0.2, 0) is 0 Å². The Bertz CT molecular complexity index is 1360. The first kappa shape index (κ1) is 21.6. The Morgan fingerprint density at radius 3 is 2.24 bits per heavy atom. The number of amides is 2. The van der Waals surface area contributed by atoms with Crippen LogP contribution < -0.4 is 10.2 Å². The van der Waals surface area contributed by atoms with Crippen LogP contribution in [0.2, 0.25) is 0 Å². The fraction of sp³-hybridized carbons (Fsp3) is 0.154. The maximum Gasteiger partial charge on any atom is 0.291 e. The molecule has 3 aromatic carbocycles. The van der Waals surface area contributed by atoms with Gasteiger partial charge in [-0.3, -0.25) is 9.59 Å². The highest BCUT2D eigenvalue weighted by molar-refractivity contribution is 6.14. The van der Waals surface area contributed by atoms with Crippen molar-refractivity contribution in [2.75, 3.05) is 36.4 Å². The van der Waals surface area contributed by atoms with Crippen LogP contribution in [0.15, 0.2) is 77.2 Å². The molecule has 4 aromatic rings. The van der Waals surface area contributed by atoms with E-state index in [0.717, 1.165) is 5.69 Å². The molecule has 1 aromatic heterocycles. The Morgan fingerprint density at radius 2 is 1.50 bits per heavy atom. The van der Waals surface area contributed by atoms with Crippen molar-refractivity contribution in [1.29, 1.82) is 0 Å². The number of fused-ring (bicyclic) bond motifs is 1. The molecule has 1 saturated heterocycles. The highest BCUT2D eigenvalue weighted by atomic mass is 19.1. The van der Waals surface area contributed by atoms with E-state index in [4.69, 9.17) is 4.42 Å². The van der Waals surface area contributed by atoms with Gasteiger partial charge in [-0.25, -0.2) is 8.78 Å². The summed E-state index contributed by atoms with van der Waals surface area (Å²) in [5, 5.41) is 3.24. The smallest absolute Gasteiger partial charge is 0.291 e. The van der Waals surface area contributed by atoms with Crippen LogP contribution in [0.1, 0.15) is 20.9 Å². The normalized spacial score (nSPS) is 13.8. The summed E-state index contributed by atoms with van der Waals surface area (Å²) >= 11 is 0. The molecule has 8 heteroatoms. The first-order valence-electron chi connectivity index (χ1n) is 10.9. The topological polar surface area (TPSA) is 65.8 Å². The second-order valence-electron chi connectivity index (χ2n) is 7.99. The molecular formula is C26H21F2N3O3. The molecule has 1 aliphatic heterocycles. The molecule has 0 unspecified atom stereocenters. The van der Waals surface area contributed by atoms with Gasteiger partial charge in [-0.2, -0.15) is 0 Å². The van der Waals surface area contributed by atoms with Crippen molar-refractivity contribution in [3.8, 4) is 0 Å².